The van der Waals surface area contributed by atoms with Gasteiger partial charge in [0.2, 0.25) is 0 Å². The van der Waals surface area contributed by atoms with Crippen LogP contribution in [0.25, 0.3) is 0 Å². The predicted molar refractivity (Wildman–Crippen MR) is 113 cm³/mol. The van der Waals surface area contributed by atoms with E-state index < -0.39 is 0 Å². The first-order valence-electron chi connectivity index (χ1n) is 9.57. The van der Waals surface area contributed by atoms with Gasteiger partial charge in [-0.2, -0.15) is 0 Å². The molecule has 1 heterocycles. The number of hydrogen-bond acceptors (Lipinski definition) is 3. The molecule has 1 N–H and O–H groups in total. The van der Waals surface area contributed by atoms with Crippen molar-refractivity contribution in [2.24, 2.45) is 0 Å². The number of nitrogens with one attached hydrogen (secondary N) is 1. The highest BCUT2D eigenvalue weighted by atomic mass is 19.1. The van der Waals surface area contributed by atoms with Crippen molar-refractivity contribution in [3.8, 4) is 5.75 Å². The van der Waals surface area contributed by atoms with E-state index in [2.05, 4.69) is 17.4 Å². The lowest BCUT2D eigenvalue weighted by molar-refractivity contribution is 0.0992. The number of para-hydroxylation sites is 1. The summed E-state index contributed by atoms with van der Waals surface area (Å²) in [6.07, 6.45) is 0.714. The topological polar surface area (TPSA) is 51.5 Å². The normalized spacial score (nSPS) is 10.6. The van der Waals surface area contributed by atoms with Crippen molar-refractivity contribution in [2.45, 2.75) is 13.0 Å². The van der Waals surface area contributed by atoms with Crippen LogP contribution in [0, 0.1) is 5.82 Å². The molecule has 0 aliphatic carbocycles. The number of hydrogen-bond donors (Lipinski definition) is 1. The second-order valence-corrected chi connectivity index (χ2v) is 6.78. The van der Waals surface area contributed by atoms with E-state index in [4.69, 9.17) is 9.15 Å². The van der Waals surface area contributed by atoms with Crippen LogP contribution in [0.1, 0.15) is 27.4 Å². The molecule has 0 aliphatic rings. The van der Waals surface area contributed by atoms with Crippen molar-refractivity contribution in [1.82, 2.24) is 0 Å². The molecular formula is C25H20FNO3. The SMILES string of the molecule is O=C(Nc1ccccc1Cc1ccccc1)c1ccc(COc2ccc(F)cc2)o1. The molecule has 5 heteroatoms. The maximum Gasteiger partial charge on any atom is 0.291 e. The summed E-state index contributed by atoms with van der Waals surface area (Å²) in [5.41, 5.74) is 2.92. The summed E-state index contributed by atoms with van der Waals surface area (Å²) in [6.45, 7) is 0.142. The molecule has 0 radical (unpaired) electrons. The van der Waals surface area contributed by atoms with Crippen LogP contribution >= 0.6 is 0 Å². The van der Waals surface area contributed by atoms with Crippen LogP contribution in [0.3, 0.4) is 0 Å². The van der Waals surface area contributed by atoms with Gasteiger partial charge in [0.05, 0.1) is 0 Å². The number of ether oxygens (including phenoxy) is 1. The lowest BCUT2D eigenvalue weighted by Crippen LogP contribution is -2.12. The number of rotatable bonds is 7. The molecular weight excluding hydrogens is 381 g/mol. The van der Waals surface area contributed by atoms with Gasteiger partial charge in [0.15, 0.2) is 5.76 Å². The smallest absolute Gasteiger partial charge is 0.291 e. The molecule has 4 aromatic rings. The van der Waals surface area contributed by atoms with Crippen molar-refractivity contribution in [3.05, 3.63) is 119 Å². The van der Waals surface area contributed by atoms with Crippen molar-refractivity contribution in [3.63, 3.8) is 0 Å². The van der Waals surface area contributed by atoms with E-state index in [1.54, 1.807) is 12.1 Å². The molecule has 1 aromatic heterocycles. The molecule has 0 bridgehead atoms. The Kier molecular flexibility index (Phi) is 5.90. The first-order chi connectivity index (χ1) is 14.7. The molecule has 0 fully saturated rings. The van der Waals surface area contributed by atoms with Crippen molar-refractivity contribution in [2.75, 3.05) is 5.32 Å². The Balaban J connectivity index is 1.40. The second-order valence-electron chi connectivity index (χ2n) is 6.78. The van der Waals surface area contributed by atoms with Crippen molar-refractivity contribution < 1.29 is 18.3 Å². The fourth-order valence-electron chi connectivity index (χ4n) is 3.06. The van der Waals surface area contributed by atoms with Gasteiger partial charge in [0.1, 0.15) is 23.9 Å². The predicted octanol–water partition coefficient (Wildman–Crippen LogP) is 5.84. The molecule has 0 atom stereocenters. The summed E-state index contributed by atoms with van der Waals surface area (Å²) in [6, 6.07) is 26.8. The number of anilines is 1. The minimum absolute atomic E-state index is 0.142. The minimum Gasteiger partial charge on any atom is -0.486 e. The summed E-state index contributed by atoms with van der Waals surface area (Å²) >= 11 is 0. The zero-order valence-electron chi connectivity index (χ0n) is 16.2. The van der Waals surface area contributed by atoms with Gasteiger partial charge in [-0.25, -0.2) is 4.39 Å². The van der Waals surface area contributed by atoms with E-state index in [9.17, 15) is 9.18 Å². The van der Waals surface area contributed by atoms with Gasteiger partial charge in [-0.15, -0.1) is 0 Å². The van der Waals surface area contributed by atoms with Gasteiger partial charge in [-0.05, 0) is 60.0 Å². The van der Waals surface area contributed by atoms with Crippen molar-refractivity contribution >= 4 is 11.6 Å². The van der Waals surface area contributed by atoms with E-state index in [0.717, 1.165) is 16.8 Å². The molecule has 3 aromatic carbocycles. The highest BCUT2D eigenvalue weighted by Gasteiger charge is 2.14. The van der Waals surface area contributed by atoms with E-state index in [0.29, 0.717) is 17.9 Å². The Hall–Kier alpha value is -3.86. The van der Waals surface area contributed by atoms with Crippen LogP contribution in [0.15, 0.2) is 95.4 Å². The fraction of sp³-hybridized carbons (Fsp3) is 0.0800. The number of benzene rings is 3. The second kappa shape index (κ2) is 9.09. The fourth-order valence-corrected chi connectivity index (χ4v) is 3.06. The van der Waals surface area contributed by atoms with Crippen LogP contribution < -0.4 is 10.1 Å². The quantitative estimate of drug-likeness (QED) is 0.423. The van der Waals surface area contributed by atoms with Gasteiger partial charge in [-0.1, -0.05) is 48.5 Å². The summed E-state index contributed by atoms with van der Waals surface area (Å²) < 4.78 is 24.1. The monoisotopic (exact) mass is 401 g/mol. The van der Waals surface area contributed by atoms with E-state index in [1.807, 2.05) is 42.5 Å². The van der Waals surface area contributed by atoms with E-state index >= 15 is 0 Å². The summed E-state index contributed by atoms with van der Waals surface area (Å²) in [5.74, 6) is 0.563. The van der Waals surface area contributed by atoms with Gasteiger partial charge < -0.3 is 14.5 Å². The molecule has 0 spiro atoms. The number of halogens is 1. The third kappa shape index (κ3) is 4.94. The molecule has 0 unspecified atom stereocenters. The standard InChI is InChI=1S/C25H20FNO3/c26-20-10-12-21(13-11-20)29-17-22-14-15-24(30-22)25(28)27-23-9-5-4-8-19(23)16-18-6-2-1-3-7-18/h1-15H,16-17H2,(H,27,28). The Morgan fingerprint density at radius 1 is 0.867 bits per heavy atom. The Morgan fingerprint density at radius 2 is 1.60 bits per heavy atom. The molecule has 30 heavy (non-hydrogen) atoms. The summed E-state index contributed by atoms with van der Waals surface area (Å²) in [7, 11) is 0. The third-order valence-corrected chi connectivity index (χ3v) is 4.58. The molecule has 4 rings (SSSR count). The van der Waals surface area contributed by atoms with Crippen LogP contribution in [0.5, 0.6) is 5.75 Å². The Morgan fingerprint density at radius 3 is 2.40 bits per heavy atom. The highest BCUT2D eigenvalue weighted by molar-refractivity contribution is 6.02. The Labute approximate surface area is 173 Å². The maximum atomic E-state index is 13.0. The van der Waals surface area contributed by atoms with Gasteiger partial charge in [0, 0.05) is 5.69 Å². The largest absolute Gasteiger partial charge is 0.486 e. The molecule has 4 nitrogen and oxygen atoms in total. The molecule has 0 saturated carbocycles. The van der Waals surface area contributed by atoms with Crippen LogP contribution in [-0.4, -0.2) is 5.91 Å². The summed E-state index contributed by atoms with van der Waals surface area (Å²) in [4.78, 5) is 12.7. The molecule has 1 amide bonds. The number of furan rings is 1. The maximum absolute atomic E-state index is 13.0. The van der Waals surface area contributed by atoms with E-state index in [1.165, 1.54) is 24.3 Å². The first kappa shape index (κ1) is 19.5. The third-order valence-electron chi connectivity index (χ3n) is 4.58. The minimum atomic E-state index is -0.330. The van der Waals surface area contributed by atoms with Crippen LogP contribution in [0.4, 0.5) is 10.1 Å². The van der Waals surface area contributed by atoms with Crippen LogP contribution in [-0.2, 0) is 13.0 Å². The van der Waals surface area contributed by atoms with Gasteiger partial charge >= 0.3 is 0 Å². The van der Waals surface area contributed by atoms with E-state index in [-0.39, 0.29) is 24.1 Å². The zero-order valence-corrected chi connectivity index (χ0v) is 16.2. The zero-order chi connectivity index (χ0) is 20.8. The van der Waals surface area contributed by atoms with Crippen LogP contribution in [0.2, 0.25) is 0 Å². The lowest BCUT2D eigenvalue weighted by atomic mass is 10.0. The summed E-state index contributed by atoms with van der Waals surface area (Å²) in [5, 5.41) is 2.93. The van der Waals surface area contributed by atoms with Crippen molar-refractivity contribution in [1.29, 1.82) is 0 Å². The number of carbonyl (C=O) groups is 1. The lowest BCUT2D eigenvalue weighted by Gasteiger charge is -2.10. The Bertz CT molecular complexity index is 1120. The molecule has 150 valence electrons. The van der Waals surface area contributed by atoms with Gasteiger partial charge in [0.25, 0.3) is 5.91 Å². The molecule has 0 aliphatic heterocycles. The van der Waals surface area contributed by atoms with Gasteiger partial charge in [-0.3, -0.25) is 4.79 Å². The number of carbonyl (C=O) groups excluding carboxylic acids is 1. The highest BCUT2D eigenvalue weighted by Crippen LogP contribution is 2.21. The molecule has 0 saturated heterocycles. The average molecular weight is 401 g/mol. The first-order valence-corrected chi connectivity index (χ1v) is 9.57. The number of amides is 1. The average Bonchev–Trinajstić information content (AvgIpc) is 3.25.